The summed E-state index contributed by atoms with van der Waals surface area (Å²) in [6, 6.07) is 6.04. The molecule has 36 heavy (non-hydrogen) atoms. The van der Waals surface area contributed by atoms with E-state index >= 15 is 0 Å². The van der Waals surface area contributed by atoms with E-state index in [1.165, 1.54) is 10.4 Å². The predicted molar refractivity (Wildman–Crippen MR) is 137 cm³/mol. The fourth-order valence-corrected chi connectivity index (χ4v) is 6.42. The van der Waals surface area contributed by atoms with E-state index in [0.29, 0.717) is 39.2 Å². The number of hydrogen-bond donors (Lipinski definition) is 2. The number of piperazine rings is 1. The number of aryl methyl sites for hydroxylation is 1. The van der Waals surface area contributed by atoms with Gasteiger partial charge >= 0.3 is 6.09 Å². The van der Waals surface area contributed by atoms with Crippen LogP contribution in [0.5, 0.6) is 0 Å². The van der Waals surface area contributed by atoms with Crippen LogP contribution in [-0.2, 0) is 22.4 Å². The summed E-state index contributed by atoms with van der Waals surface area (Å²) in [6.45, 7) is 4.29. The Kier molecular flexibility index (Phi) is 5.92. The van der Waals surface area contributed by atoms with Crippen molar-refractivity contribution >= 4 is 56.0 Å². The number of rotatable bonds is 4. The van der Waals surface area contributed by atoms with E-state index in [4.69, 9.17) is 4.74 Å². The minimum Gasteiger partial charge on any atom is -0.450 e. The molecule has 0 saturated carbocycles. The first kappa shape index (κ1) is 22.7. The Hall–Kier alpha value is -3.73. The van der Waals surface area contributed by atoms with E-state index in [9.17, 15) is 9.59 Å². The van der Waals surface area contributed by atoms with Gasteiger partial charge in [-0.05, 0) is 49.9 Å². The summed E-state index contributed by atoms with van der Waals surface area (Å²) >= 11 is 1.66. The number of carbonyl (C=O) groups is 2. The second-order valence-corrected chi connectivity index (χ2v) is 10.2. The second kappa shape index (κ2) is 9.38. The van der Waals surface area contributed by atoms with E-state index in [2.05, 4.69) is 25.5 Å². The summed E-state index contributed by atoms with van der Waals surface area (Å²) < 4.78 is 5.09. The number of amides is 2. The summed E-state index contributed by atoms with van der Waals surface area (Å²) in [6.07, 6.45) is 5.42. The zero-order valence-corrected chi connectivity index (χ0v) is 20.8. The third kappa shape index (κ3) is 4.13. The lowest BCUT2D eigenvalue weighted by Crippen LogP contribution is -2.52. The van der Waals surface area contributed by atoms with Crippen molar-refractivity contribution in [2.75, 3.05) is 38.1 Å². The van der Waals surface area contributed by atoms with Crippen molar-refractivity contribution in [1.29, 1.82) is 0 Å². The number of aromatic nitrogens is 4. The molecule has 6 rings (SSSR count). The van der Waals surface area contributed by atoms with Gasteiger partial charge in [0.25, 0.3) is 0 Å². The number of fused-ring (bicyclic) bond motifs is 4. The Morgan fingerprint density at radius 1 is 1.19 bits per heavy atom. The number of H-pyrrole nitrogens is 1. The molecule has 186 valence electrons. The number of benzene rings is 1. The van der Waals surface area contributed by atoms with Gasteiger partial charge in [-0.2, -0.15) is 5.10 Å². The van der Waals surface area contributed by atoms with Crippen LogP contribution in [0.4, 0.5) is 16.3 Å². The lowest BCUT2D eigenvalue weighted by Gasteiger charge is -2.36. The van der Waals surface area contributed by atoms with E-state index in [-0.39, 0.29) is 17.9 Å². The predicted octanol–water partition coefficient (Wildman–Crippen LogP) is 3.72. The van der Waals surface area contributed by atoms with Gasteiger partial charge in [-0.3, -0.25) is 9.89 Å². The van der Waals surface area contributed by atoms with Gasteiger partial charge < -0.3 is 19.9 Å². The Balaban J connectivity index is 1.18. The Bertz CT molecular complexity index is 1440. The minimum atomic E-state index is -0.299. The largest absolute Gasteiger partial charge is 0.450 e. The Labute approximate surface area is 211 Å². The molecule has 0 radical (unpaired) electrons. The summed E-state index contributed by atoms with van der Waals surface area (Å²) in [5, 5.41) is 12.6. The Morgan fingerprint density at radius 2 is 2.03 bits per heavy atom. The van der Waals surface area contributed by atoms with Crippen LogP contribution in [0.1, 0.15) is 23.8 Å². The Morgan fingerprint density at radius 3 is 2.86 bits per heavy atom. The van der Waals surface area contributed by atoms with Gasteiger partial charge in [-0.1, -0.05) is 0 Å². The van der Waals surface area contributed by atoms with Crippen molar-refractivity contribution in [2.24, 2.45) is 5.92 Å². The molecule has 4 aromatic rings. The first-order chi connectivity index (χ1) is 17.6. The first-order valence-electron chi connectivity index (χ1n) is 12.3. The molecule has 2 N–H and O–H groups in total. The molecular weight excluding hydrogens is 478 g/mol. The normalized spacial score (nSPS) is 17.9. The summed E-state index contributed by atoms with van der Waals surface area (Å²) in [7, 11) is 0. The molecule has 10 nitrogen and oxygen atoms in total. The SMILES string of the molecule is CCOC(=O)N1CCN(C(=O)C2CCc3c(sc4ncnc(Nc5ccc6[nH]ncc6c5)c34)C2)CC1. The van der Waals surface area contributed by atoms with Crippen LogP contribution < -0.4 is 5.32 Å². The van der Waals surface area contributed by atoms with Crippen LogP contribution in [-0.4, -0.2) is 74.8 Å². The fraction of sp³-hybridized carbons (Fsp3) is 0.400. The molecule has 0 bridgehead atoms. The highest BCUT2D eigenvalue weighted by molar-refractivity contribution is 7.19. The van der Waals surface area contributed by atoms with Crippen LogP contribution >= 0.6 is 11.3 Å². The average molecular weight is 506 g/mol. The highest BCUT2D eigenvalue weighted by atomic mass is 32.1. The van der Waals surface area contributed by atoms with E-state index in [1.54, 1.807) is 35.7 Å². The maximum atomic E-state index is 13.3. The number of ether oxygens (including phenoxy) is 1. The van der Waals surface area contributed by atoms with Gasteiger partial charge in [-0.15, -0.1) is 11.3 Å². The molecule has 1 aliphatic carbocycles. The highest BCUT2D eigenvalue weighted by Crippen LogP contribution is 2.41. The number of anilines is 2. The maximum absolute atomic E-state index is 13.3. The van der Waals surface area contributed by atoms with Crippen LogP contribution in [0.15, 0.2) is 30.7 Å². The zero-order chi connectivity index (χ0) is 24.6. The molecule has 1 aliphatic heterocycles. The molecular formula is C25H27N7O3S. The molecule has 2 aliphatic rings. The number of nitrogens with one attached hydrogen (secondary N) is 2. The first-order valence-corrected chi connectivity index (χ1v) is 13.1. The molecule has 1 fully saturated rings. The van der Waals surface area contributed by atoms with Gasteiger partial charge in [0.2, 0.25) is 5.91 Å². The standard InChI is InChI=1S/C25H27N7O3S/c1-2-35-25(34)32-9-7-31(8-10-32)24(33)15-3-5-18-20(12-15)36-23-21(18)22(26-14-27-23)29-17-4-6-19-16(11-17)13-28-30-19/h4,6,11,13-15H,2-3,5,7-10,12H2,1H3,(H,28,30)(H,26,27,29). The molecule has 2 amide bonds. The van der Waals surface area contributed by atoms with Gasteiger partial charge in [0.15, 0.2) is 0 Å². The maximum Gasteiger partial charge on any atom is 0.409 e. The quantitative estimate of drug-likeness (QED) is 0.434. The van der Waals surface area contributed by atoms with Crippen molar-refractivity contribution in [3.8, 4) is 0 Å². The monoisotopic (exact) mass is 505 g/mol. The van der Waals surface area contributed by atoms with Gasteiger partial charge in [0.05, 0.1) is 23.7 Å². The molecule has 1 saturated heterocycles. The van der Waals surface area contributed by atoms with Crippen LogP contribution in [0, 0.1) is 5.92 Å². The van der Waals surface area contributed by atoms with Gasteiger partial charge in [0.1, 0.15) is 17.0 Å². The third-order valence-corrected chi connectivity index (χ3v) is 8.18. The van der Waals surface area contributed by atoms with Crippen LogP contribution in [0.3, 0.4) is 0 Å². The number of nitrogens with zero attached hydrogens (tertiary/aromatic N) is 5. The van der Waals surface area contributed by atoms with Crippen molar-refractivity contribution in [3.05, 3.63) is 41.2 Å². The number of aromatic amines is 1. The van der Waals surface area contributed by atoms with Gasteiger partial charge in [-0.25, -0.2) is 14.8 Å². The molecule has 4 heterocycles. The summed E-state index contributed by atoms with van der Waals surface area (Å²) in [5.74, 6) is 0.923. The fourth-order valence-electron chi connectivity index (χ4n) is 5.16. The highest BCUT2D eigenvalue weighted by Gasteiger charge is 2.33. The molecule has 11 heteroatoms. The number of thiophene rings is 1. The second-order valence-electron chi connectivity index (χ2n) is 9.15. The third-order valence-electron chi connectivity index (χ3n) is 7.01. The summed E-state index contributed by atoms with van der Waals surface area (Å²) in [5.41, 5.74) is 3.17. The molecule has 1 atom stereocenters. The summed E-state index contributed by atoms with van der Waals surface area (Å²) in [4.78, 5) is 40.1. The van der Waals surface area contributed by atoms with E-state index < -0.39 is 0 Å². The van der Waals surface area contributed by atoms with Crippen LogP contribution in [0.25, 0.3) is 21.1 Å². The zero-order valence-electron chi connectivity index (χ0n) is 20.0. The van der Waals surface area contributed by atoms with E-state index in [1.807, 2.05) is 23.1 Å². The lowest BCUT2D eigenvalue weighted by molar-refractivity contribution is -0.137. The number of hydrogen-bond acceptors (Lipinski definition) is 8. The van der Waals surface area contributed by atoms with Crippen molar-refractivity contribution < 1.29 is 14.3 Å². The topological polar surface area (TPSA) is 116 Å². The molecule has 0 spiro atoms. The minimum absolute atomic E-state index is 0.0485. The van der Waals surface area contributed by atoms with Crippen molar-refractivity contribution in [1.82, 2.24) is 30.0 Å². The molecule has 1 unspecified atom stereocenters. The van der Waals surface area contributed by atoms with Gasteiger partial charge in [0, 0.05) is 48.0 Å². The average Bonchev–Trinajstić information content (AvgIpc) is 3.52. The van der Waals surface area contributed by atoms with E-state index in [0.717, 1.165) is 45.5 Å². The lowest BCUT2D eigenvalue weighted by atomic mass is 9.86. The number of carbonyl (C=O) groups excluding carboxylic acids is 2. The van der Waals surface area contributed by atoms with Crippen LogP contribution in [0.2, 0.25) is 0 Å². The smallest absolute Gasteiger partial charge is 0.409 e. The molecule has 1 aromatic carbocycles. The van der Waals surface area contributed by atoms with Crippen molar-refractivity contribution in [3.63, 3.8) is 0 Å². The van der Waals surface area contributed by atoms with Crippen molar-refractivity contribution in [2.45, 2.75) is 26.2 Å². The molecule has 3 aromatic heterocycles.